The van der Waals surface area contributed by atoms with Gasteiger partial charge in [-0.2, -0.15) is 0 Å². The van der Waals surface area contributed by atoms with Crippen molar-refractivity contribution in [1.29, 1.82) is 0 Å². The molecule has 3 N–H and O–H groups in total. The van der Waals surface area contributed by atoms with Crippen LogP contribution in [-0.2, 0) is 65.4 Å². The normalized spacial score (nSPS) is 14.0. The molecule has 0 spiro atoms. The molecule has 0 radical (unpaired) electrons. The fourth-order valence-corrected chi connectivity index (χ4v) is 13.1. The van der Waals surface area contributed by atoms with Gasteiger partial charge in [0.15, 0.2) is 12.2 Å². The molecule has 0 saturated carbocycles. The summed E-state index contributed by atoms with van der Waals surface area (Å²) in [6.45, 7) is 7.23. The minimum Gasteiger partial charge on any atom is -0.462 e. The average molecular weight is 1380 g/mol. The Hall–Kier alpha value is -1.94. The average Bonchev–Trinajstić information content (AvgIpc) is 1.50. The van der Waals surface area contributed by atoms with Crippen LogP contribution < -0.4 is 0 Å². The number of phosphoric acid groups is 2. The molecule has 0 rings (SSSR count). The van der Waals surface area contributed by atoms with Gasteiger partial charge in [0.25, 0.3) is 0 Å². The summed E-state index contributed by atoms with van der Waals surface area (Å²) < 4.78 is 68.3. The summed E-state index contributed by atoms with van der Waals surface area (Å²) in [6, 6.07) is 0. The van der Waals surface area contributed by atoms with Gasteiger partial charge in [0.1, 0.15) is 19.3 Å². The smallest absolute Gasteiger partial charge is 0.462 e. The van der Waals surface area contributed by atoms with E-state index >= 15 is 0 Å². The molecule has 0 heterocycles. The fraction of sp³-hybridized carbons (Fsp3) is 0.947. The minimum absolute atomic E-state index is 0.107. The van der Waals surface area contributed by atoms with Gasteiger partial charge in [0.2, 0.25) is 0 Å². The predicted octanol–water partition coefficient (Wildman–Crippen LogP) is 22.1. The third-order valence-electron chi connectivity index (χ3n) is 17.5. The van der Waals surface area contributed by atoms with E-state index in [0.29, 0.717) is 25.7 Å². The molecule has 17 nitrogen and oxygen atoms in total. The van der Waals surface area contributed by atoms with Crippen molar-refractivity contribution < 1.29 is 80.2 Å². The second-order valence-corrected chi connectivity index (χ2v) is 30.4. The van der Waals surface area contributed by atoms with Crippen molar-refractivity contribution in [1.82, 2.24) is 0 Å². The first kappa shape index (κ1) is 92.1. The van der Waals surface area contributed by atoms with Gasteiger partial charge in [-0.05, 0) is 31.6 Å². The lowest BCUT2D eigenvalue weighted by atomic mass is 10.0. The maximum Gasteiger partial charge on any atom is 0.472 e. The largest absolute Gasteiger partial charge is 0.472 e. The Labute approximate surface area is 575 Å². The van der Waals surface area contributed by atoms with Crippen LogP contribution in [0.3, 0.4) is 0 Å². The molecular weight excluding hydrogens is 1230 g/mol. The maximum atomic E-state index is 13.1. The quantitative estimate of drug-likeness (QED) is 0.0222. The Bertz CT molecular complexity index is 1810. The topological polar surface area (TPSA) is 237 Å². The van der Waals surface area contributed by atoms with E-state index < -0.39 is 97.5 Å². The standard InChI is InChI=1S/C75H146O17P2/c1-6-9-12-15-17-19-21-23-24-25-26-27-30-34-38-42-46-51-56-61-75(80)92-71(65-86-73(78)59-54-49-44-40-37-33-31-28-29-32-35-39-43-48-52-57-68(4)5)67-90-94(83,84)88-63-69(76)62-87-93(81,82)89-66-70(64-85-72(77)58-53-47-14-11-8-3)91-74(79)60-55-50-45-41-36-22-20-18-16-13-10-7-2/h68-71,76H,6-67H2,1-5H3,(H,81,82)(H,83,84)/t69-,70+,71+/m0/s1. The van der Waals surface area contributed by atoms with Crippen LogP contribution in [0.1, 0.15) is 394 Å². The summed E-state index contributed by atoms with van der Waals surface area (Å²) in [5, 5.41) is 10.6. The molecule has 0 saturated heterocycles. The molecule has 0 amide bonds. The second kappa shape index (κ2) is 68.2. The van der Waals surface area contributed by atoms with Gasteiger partial charge in [-0.3, -0.25) is 37.3 Å². The monoisotopic (exact) mass is 1380 g/mol. The molecule has 0 aliphatic heterocycles. The number of carbonyl (C=O) groups is 4. The molecule has 0 fully saturated rings. The Morgan fingerprint density at radius 3 is 0.723 bits per heavy atom. The summed E-state index contributed by atoms with van der Waals surface area (Å²) in [7, 11) is -9.90. The maximum absolute atomic E-state index is 13.1. The number of aliphatic hydroxyl groups is 1. The number of hydrogen-bond acceptors (Lipinski definition) is 15. The molecule has 2 unspecified atom stereocenters. The summed E-state index contributed by atoms with van der Waals surface area (Å²) in [6.07, 6.45) is 57.3. The van der Waals surface area contributed by atoms with E-state index in [0.717, 1.165) is 102 Å². The van der Waals surface area contributed by atoms with E-state index in [1.807, 2.05) is 0 Å². The van der Waals surface area contributed by atoms with Crippen molar-refractivity contribution in [2.75, 3.05) is 39.6 Å². The van der Waals surface area contributed by atoms with Crippen molar-refractivity contribution >= 4 is 39.5 Å². The highest BCUT2D eigenvalue weighted by Crippen LogP contribution is 2.45. The first-order valence-electron chi connectivity index (χ1n) is 39.1. The molecule has 558 valence electrons. The van der Waals surface area contributed by atoms with Gasteiger partial charge in [0, 0.05) is 25.7 Å². The van der Waals surface area contributed by atoms with Crippen molar-refractivity contribution in [3.8, 4) is 0 Å². The molecule has 0 aliphatic rings. The van der Waals surface area contributed by atoms with Crippen molar-refractivity contribution in [2.45, 2.75) is 412 Å². The first-order valence-corrected chi connectivity index (χ1v) is 42.1. The Balaban J connectivity index is 5.13. The van der Waals surface area contributed by atoms with Crippen molar-refractivity contribution in [3.63, 3.8) is 0 Å². The molecule has 0 aromatic heterocycles. The zero-order valence-electron chi connectivity index (χ0n) is 61.1. The van der Waals surface area contributed by atoms with E-state index in [-0.39, 0.29) is 25.7 Å². The van der Waals surface area contributed by atoms with E-state index in [1.54, 1.807) is 0 Å². The predicted molar refractivity (Wildman–Crippen MR) is 382 cm³/mol. The molecule has 5 atom stereocenters. The van der Waals surface area contributed by atoms with Crippen LogP contribution in [0.2, 0.25) is 0 Å². The lowest BCUT2D eigenvalue weighted by molar-refractivity contribution is -0.161. The third-order valence-corrected chi connectivity index (χ3v) is 19.4. The van der Waals surface area contributed by atoms with E-state index in [9.17, 15) is 43.2 Å². The Morgan fingerprint density at radius 2 is 0.489 bits per heavy atom. The highest BCUT2D eigenvalue weighted by atomic mass is 31.2. The summed E-state index contributed by atoms with van der Waals surface area (Å²) in [5.41, 5.74) is 0. The van der Waals surface area contributed by atoms with Gasteiger partial charge in [-0.25, -0.2) is 9.13 Å². The molecule has 0 aromatic rings. The van der Waals surface area contributed by atoms with Crippen LogP contribution in [0.15, 0.2) is 0 Å². The first-order chi connectivity index (χ1) is 45.5. The van der Waals surface area contributed by atoms with Gasteiger partial charge in [0.05, 0.1) is 26.4 Å². The summed E-state index contributed by atoms with van der Waals surface area (Å²) >= 11 is 0. The lowest BCUT2D eigenvalue weighted by Gasteiger charge is -2.21. The van der Waals surface area contributed by atoms with Crippen LogP contribution in [0, 0.1) is 5.92 Å². The molecule has 0 aromatic carbocycles. The minimum atomic E-state index is -4.95. The lowest BCUT2D eigenvalue weighted by Crippen LogP contribution is -2.30. The highest BCUT2D eigenvalue weighted by Gasteiger charge is 2.30. The number of hydrogen-bond donors (Lipinski definition) is 3. The van der Waals surface area contributed by atoms with Crippen LogP contribution in [0.5, 0.6) is 0 Å². The Morgan fingerprint density at radius 1 is 0.287 bits per heavy atom. The second-order valence-electron chi connectivity index (χ2n) is 27.5. The van der Waals surface area contributed by atoms with Crippen molar-refractivity contribution in [2.24, 2.45) is 5.92 Å². The van der Waals surface area contributed by atoms with Crippen LogP contribution in [0.4, 0.5) is 0 Å². The number of phosphoric ester groups is 2. The number of carbonyl (C=O) groups excluding carboxylic acids is 4. The molecule has 94 heavy (non-hydrogen) atoms. The molecule has 0 bridgehead atoms. The number of ether oxygens (including phenoxy) is 4. The van der Waals surface area contributed by atoms with Gasteiger partial charge in [-0.1, -0.05) is 343 Å². The Kier molecular flexibility index (Phi) is 66.8. The third kappa shape index (κ3) is 68.6. The summed E-state index contributed by atoms with van der Waals surface area (Å²) in [5.74, 6) is -1.32. The van der Waals surface area contributed by atoms with E-state index in [1.165, 1.54) is 212 Å². The number of unbranched alkanes of at least 4 members (excludes halogenated alkanes) is 47. The van der Waals surface area contributed by atoms with Gasteiger partial charge < -0.3 is 33.8 Å². The number of rotatable bonds is 75. The van der Waals surface area contributed by atoms with Crippen molar-refractivity contribution in [3.05, 3.63) is 0 Å². The SMILES string of the molecule is CCCCCCCCCCCCCCCCCCCCCC(=O)O[C@H](COC(=O)CCCCCCCCCCCCCCCCCC(C)C)COP(=O)(O)OC[C@@H](O)COP(=O)(O)OC[C@@H](COC(=O)CCCCCCC)OC(=O)CCCCCCCCCCCCCC. The molecular formula is C75H146O17P2. The number of esters is 4. The zero-order valence-corrected chi connectivity index (χ0v) is 62.9. The van der Waals surface area contributed by atoms with Crippen LogP contribution in [-0.4, -0.2) is 96.7 Å². The van der Waals surface area contributed by atoms with E-state index in [4.69, 9.17) is 37.0 Å². The number of aliphatic hydroxyl groups excluding tert-OH is 1. The zero-order chi connectivity index (χ0) is 69.1. The van der Waals surface area contributed by atoms with Gasteiger partial charge >= 0.3 is 39.5 Å². The molecule has 19 heteroatoms. The van der Waals surface area contributed by atoms with Crippen LogP contribution >= 0.6 is 15.6 Å². The van der Waals surface area contributed by atoms with Crippen LogP contribution in [0.25, 0.3) is 0 Å². The van der Waals surface area contributed by atoms with Gasteiger partial charge in [-0.15, -0.1) is 0 Å². The molecule has 0 aliphatic carbocycles. The fourth-order valence-electron chi connectivity index (χ4n) is 11.5. The summed E-state index contributed by atoms with van der Waals surface area (Å²) in [4.78, 5) is 72.5. The van der Waals surface area contributed by atoms with E-state index in [2.05, 4.69) is 34.6 Å². The highest BCUT2D eigenvalue weighted by molar-refractivity contribution is 7.47.